The Morgan fingerprint density at radius 3 is 2.94 bits per heavy atom. The number of carbonyl (C=O) groups is 1. The zero-order chi connectivity index (χ0) is 13.1. The van der Waals surface area contributed by atoms with E-state index in [9.17, 15) is 9.18 Å². The van der Waals surface area contributed by atoms with E-state index in [1.54, 1.807) is 19.1 Å². The molecule has 0 amide bonds. The SMILES string of the molecule is CC1=C(C(=O)O)CN(Cc2cccc(F)c2)C=C1. The number of carboxylic acids is 1. The minimum absolute atomic E-state index is 0.279. The van der Waals surface area contributed by atoms with E-state index in [1.165, 1.54) is 12.1 Å². The lowest BCUT2D eigenvalue weighted by molar-refractivity contribution is -0.133. The van der Waals surface area contributed by atoms with Crippen molar-refractivity contribution >= 4 is 5.97 Å². The summed E-state index contributed by atoms with van der Waals surface area (Å²) in [6.45, 7) is 2.62. The molecule has 0 saturated carbocycles. The number of benzene rings is 1. The Labute approximate surface area is 105 Å². The Kier molecular flexibility index (Phi) is 3.46. The lowest BCUT2D eigenvalue weighted by atomic mass is 10.1. The Hall–Kier alpha value is -2.10. The monoisotopic (exact) mass is 247 g/mol. The average Bonchev–Trinajstić information content (AvgIpc) is 2.31. The van der Waals surface area contributed by atoms with Gasteiger partial charge in [-0.2, -0.15) is 0 Å². The summed E-state index contributed by atoms with van der Waals surface area (Å²) in [7, 11) is 0. The van der Waals surface area contributed by atoms with Crippen LogP contribution < -0.4 is 0 Å². The van der Waals surface area contributed by atoms with Crippen LogP contribution in [0.4, 0.5) is 4.39 Å². The Bertz CT molecular complexity index is 534. The summed E-state index contributed by atoms with van der Waals surface area (Å²) in [5.74, 6) is -1.18. The maximum absolute atomic E-state index is 13.0. The van der Waals surface area contributed by atoms with E-state index in [-0.39, 0.29) is 5.82 Å². The standard InChI is InChI=1S/C14H14FNO2/c1-10-5-6-16(9-13(10)14(17)18)8-11-3-2-4-12(15)7-11/h2-7H,8-9H2,1H3,(H,17,18). The number of allylic oxidation sites excluding steroid dienone is 2. The minimum atomic E-state index is -0.902. The molecule has 0 unspecified atom stereocenters. The van der Waals surface area contributed by atoms with Crippen LogP contribution in [-0.2, 0) is 11.3 Å². The van der Waals surface area contributed by atoms with Crippen molar-refractivity contribution < 1.29 is 14.3 Å². The molecule has 3 nitrogen and oxygen atoms in total. The van der Waals surface area contributed by atoms with E-state index in [0.717, 1.165) is 11.1 Å². The van der Waals surface area contributed by atoms with E-state index in [1.807, 2.05) is 17.2 Å². The number of nitrogens with zero attached hydrogens (tertiary/aromatic N) is 1. The number of halogens is 1. The Morgan fingerprint density at radius 2 is 2.28 bits per heavy atom. The topological polar surface area (TPSA) is 40.5 Å². The van der Waals surface area contributed by atoms with Crippen LogP contribution >= 0.6 is 0 Å². The molecule has 1 aliphatic rings. The van der Waals surface area contributed by atoms with Crippen LogP contribution in [0, 0.1) is 5.82 Å². The third kappa shape index (κ3) is 2.77. The first-order valence-electron chi connectivity index (χ1n) is 5.66. The summed E-state index contributed by atoms with van der Waals surface area (Å²) in [6, 6.07) is 6.32. The smallest absolute Gasteiger partial charge is 0.333 e. The summed E-state index contributed by atoms with van der Waals surface area (Å²) < 4.78 is 13.0. The number of rotatable bonds is 3. The highest BCUT2D eigenvalue weighted by Crippen LogP contribution is 2.17. The van der Waals surface area contributed by atoms with Crippen LogP contribution in [0.15, 0.2) is 47.7 Å². The van der Waals surface area contributed by atoms with Crippen LogP contribution in [0.3, 0.4) is 0 Å². The second-order valence-corrected chi connectivity index (χ2v) is 4.32. The average molecular weight is 247 g/mol. The largest absolute Gasteiger partial charge is 0.478 e. The third-order valence-electron chi connectivity index (χ3n) is 2.91. The summed E-state index contributed by atoms with van der Waals surface area (Å²) in [6.07, 6.45) is 3.61. The van der Waals surface area contributed by atoms with Crippen LogP contribution in [-0.4, -0.2) is 22.5 Å². The number of aliphatic carboxylic acids is 1. The summed E-state index contributed by atoms with van der Waals surface area (Å²) in [5, 5.41) is 9.06. The Balaban J connectivity index is 2.10. The predicted molar refractivity (Wildman–Crippen MR) is 66.3 cm³/mol. The molecular formula is C14H14FNO2. The lowest BCUT2D eigenvalue weighted by Gasteiger charge is -2.25. The molecule has 2 rings (SSSR count). The molecule has 18 heavy (non-hydrogen) atoms. The third-order valence-corrected chi connectivity index (χ3v) is 2.91. The van der Waals surface area contributed by atoms with Gasteiger partial charge in [-0.05, 0) is 42.5 Å². The molecule has 0 aliphatic carbocycles. The first-order valence-corrected chi connectivity index (χ1v) is 5.66. The maximum atomic E-state index is 13.0. The van der Waals surface area contributed by atoms with E-state index >= 15 is 0 Å². The molecule has 0 saturated heterocycles. The fourth-order valence-electron chi connectivity index (χ4n) is 1.91. The number of hydrogen-bond acceptors (Lipinski definition) is 2. The number of carboxylic acid groups (broad SMARTS) is 1. The van der Waals surface area contributed by atoms with E-state index < -0.39 is 5.97 Å². The fraction of sp³-hybridized carbons (Fsp3) is 0.214. The first kappa shape index (κ1) is 12.4. The predicted octanol–water partition coefficient (Wildman–Crippen LogP) is 2.56. The summed E-state index contributed by atoms with van der Waals surface area (Å²) >= 11 is 0. The van der Waals surface area contributed by atoms with Crippen molar-refractivity contribution in [3.8, 4) is 0 Å². The van der Waals surface area contributed by atoms with Gasteiger partial charge in [-0.25, -0.2) is 9.18 Å². The highest BCUT2D eigenvalue weighted by molar-refractivity contribution is 5.88. The van der Waals surface area contributed by atoms with Crippen molar-refractivity contribution in [1.82, 2.24) is 4.90 Å². The molecule has 0 atom stereocenters. The molecule has 1 N–H and O–H groups in total. The molecule has 1 aromatic rings. The molecule has 94 valence electrons. The highest BCUT2D eigenvalue weighted by Gasteiger charge is 2.17. The van der Waals surface area contributed by atoms with Crippen LogP contribution in [0.5, 0.6) is 0 Å². The summed E-state index contributed by atoms with van der Waals surface area (Å²) in [5.41, 5.74) is 1.97. The quantitative estimate of drug-likeness (QED) is 0.892. The van der Waals surface area contributed by atoms with Gasteiger partial charge < -0.3 is 10.0 Å². The van der Waals surface area contributed by atoms with Crippen LogP contribution in [0.2, 0.25) is 0 Å². The van der Waals surface area contributed by atoms with Gasteiger partial charge in [-0.1, -0.05) is 12.1 Å². The van der Waals surface area contributed by atoms with E-state index in [2.05, 4.69) is 0 Å². The molecule has 1 heterocycles. The van der Waals surface area contributed by atoms with E-state index in [4.69, 9.17) is 5.11 Å². The molecule has 4 heteroatoms. The van der Waals surface area contributed by atoms with Crippen LogP contribution in [0.1, 0.15) is 12.5 Å². The van der Waals surface area contributed by atoms with Gasteiger partial charge in [-0.15, -0.1) is 0 Å². The number of hydrogen-bond donors (Lipinski definition) is 1. The fourth-order valence-corrected chi connectivity index (χ4v) is 1.91. The molecule has 0 aromatic heterocycles. The normalized spacial score (nSPS) is 15.1. The van der Waals surface area contributed by atoms with Gasteiger partial charge in [0.1, 0.15) is 5.82 Å². The van der Waals surface area contributed by atoms with Gasteiger partial charge in [0.2, 0.25) is 0 Å². The highest BCUT2D eigenvalue weighted by atomic mass is 19.1. The van der Waals surface area contributed by atoms with E-state index in [0.29, 0.717) is 18.7 Å². The van der Waals surface area contributed by atoms with Crippen molar-refractivity contribution in [3.63, 3.8) is 0 Å². The lowest BCUT2D eigenvalue weighted by Crippen LogP contribution is -2.26. The van der Waals surface area contributed by atoms with Crippen molar-refractivity contribution in [2.45, 2.75) is 13.5 Å². The second kappa shape index (κ2) is 5.04. The zero-order valence-electron chi connectivity index (χ0n) is 10.1. The molecule has 0 fully saturated rings. The van der Waals surface area contributed by atoms with Gasteiger partial charge in [0.15, 0.2) is 0 Å². The molecule has 1 aliphatic heterocycles. The van der Waals surface area contributed by atoms with Gasteiger partial charge in [0.25, 0.3) is 0 Å². The Morgan fingerprint density at radius 1 is 1.50 bits per heavy atom. The van der Waals surface area contributed by atoms with Gasteiger partial charge in [-0.3, -0.25) is 0 Å². The molecule has 0 radical (unpaired) electrons. The van der Waals surface area contributed by atoms with Crippen LogP contribution in [0.25, 0.3) is 0 Å². The summed E-state index contributed by atoms with van der Waals surface area (Å²) in [4.78, 5) is 12.9. The van der Waals surface area contributed by atoms with Gasteiger partial charge >= 0.3 is 5.97 Å². The van der Waals surface area contributed by atoms with Crippen molar-refractivity contribution in [2.24, 2.45) is 0 Å². The maximum Gasteiger partial charge on any atom is 0.333 e. The van der Waals surface area contributed by atoms with Gasteiger partial charge in [0, 0.05) is 6.54 Å². The molecule has 1 aromatic carbocycles. The molecule has 0 bridgehead atoms. The van der Waals surface area contributed by atoms with Crippen molar-refractivity contribution in [2.75, 3.05) is 6.54 Å². The molecule has 0 spiro atoms. The second-order valence-electron chi connectivity index (χ2n) is 4.32. The van der Waals surface area contributed by atoms with Crippen molar-refractivity contribution in [1.29, 1.82) is 0 Å². The minimum Gasteiger partial charge on any atom is -0.478 e. The van der Waals surface area contributed by atoms with Crippen molar-refractivity contribution in [3.05, 3.63) is 59.1 Å². The zero-order valence-corrected chi connectivity index (χ0v) is 10.1. The van der Waals surface area contributed by atoms with Gasteiger partial charge in [0.05, 0.1) is 12.1 Å². The first-order chi connectivity index (χ1) is 8.56. The molecular weight excluding hydrogens is 233 g/mol.